The summed E-state index contributed by atoms with van der Waals surface area (Å²) in [7, 11) is 4.31. The molecule has 0 aliphatic rings. The van der Waals surface area contributed by atoms with E-state index >= 15 is 0 Å². The number of aromatic nitrogens is 4. The Bertz CT molecular complexity index is 1070. The number of alkyl halides is 3. The Balaban J connectivity index is 2.36. The van der Waals surface area contributed by atoms with Crippen molar-refractivity contribution in [1.82, 2.24) is 18.7 Å². The summed E-state index contributed by atoms with van der Waals surface area (Å²) in [6, 6.07) is 4.67. The molecule has 24 heavy (non-hydrogen) atoms. The highest BCUT2D eigenvalue weighted by atomic mass is 19.4. The molecule has 1 aromatic carbocycles. The number of rotatable bonds is 1. The molecule has 0 saturated carbocycles. The molecule has 2 heterocycles. The van der Waals surface area contributed by atoms with Crippen molar-refractivity contribution >= 4 is 11.2 Å². The highest BCUT2D eigenvalue weighted by Gasteiger charge is 2.31. The number of aryl methyl sites for hydroxylation is 2. The lowest BCUT2D eigenvalue weighted by Gasteiger charge is -2.08. The van der Waals surface area contributed by atoms with Gasteiger partial charge in [0, 0.05) is 26.7 Å². The molecule has 3 aromatic rings. The molecule has 2 aromatic heterocycles. The van der Waals surface area contributed by atoms with Crippen molar-refractivity contribution in [2.75, 3.05) is 0 Å². The maximum atomic E-state index is 12.9. The minimum absolute atomic E-state index is 0.123. The van der Waals surface area contributed by atoms with E-state index in [0.29, 0.717) is 0 Å². The van der Waals surface area contributed by atoms with E-state index in [0.717, 1.165) is 16.7 Å². The third-order valence-electron chi connectivity index (χ3n) is 3.92. The fraction of sp³-hybridized carbons (Fsp3) is 0.267. The second kappa shape index (κ2) is 5.08. The second-order valence-electron chi connectivity index (χ2n) is 5.45. The average Bonchev–Trinajstić information content (AvgIpc) is 2.88. The summed E-state index contributed by atoms with van der Waals surface area (Å²) in [5.74, 6) is 0.175. The van der Waals surface area contributed by atoms with Gasteiger partial charge in [0.15, 0.2) is 11.2 Å². The third-order valence-corrected chi connectivity index (χ3v) is 3.92. The van der Waals surface area contributed by atoms with Gasteiger partial charge in [0.25, 0.3) is 5.56 Å². The van der Waals surface area contributed by atoms with Crippen LogP contribution in [0.15, 0.2) is 33.9 Å². The molecule has 0 amide bonds. The molecule has 0 saturated heterocycles. The highest BCUT2D eigenvalue weighted by molar-refractivity contribution is 5.77. The molecule has 0 fully saturated rings. The van der Waals surface area contributed by atoms with Gasteiger partial charge in [0.2, 0.25) is 0 Å². The molecule has 0 aliphatic heterocycles. The molecule has 126 valence electrons. The molecule has 6 nitrogen and oxygen atoms in total. The Kier molecular flexibility index (Phi) is 3.40. The van der Waals surface area contributed by atoms with E-state index in [1.165, 1.54) is 42.4 Å². The number of halogens is 3. The quantitative estimate of drug-likeness (QED) is 0.678. The van der Waals surface area contributed by atoms with Crippen LogP contribution in [0.2, 0.25) is 0 Å². The third kappa shape index (κ3) is 2.24. The number of imidazole rings is 1. The maximum Gasteiger partial charge on any atom is 0.416 e. The first-order valence-corrected chi connectivity index (χ1v) is 6.93. The van der Waals surface area contributed by atoms with Crippen LogP contribution in [-0.4, -0.2) is 18.7 Å². The lowest BCUT2D eigenvalue weighted by atomic mass is 10.1. The number of nitrogens with zero attached hydrogens (tertiary/aromatic N) is 4. The van der Waals surface area contributed by atoms with Gasteiger partial charge in [-0.05, 0) is 12.1 Å². The van der Waals surface area contributed by atoms with Crippen molar-refractivity contribution in [2.24, 2.45) is 21.1 Å². The normalized spacial score (nSPS) is 12.1. The summed E-state index contributed by atoms with van der Waals surface area (Å²) in [4.78, 5) is 28.5. The largest absolute Gasteiger partial charge is 0.416 e. The van der Waals surface area contributed by atoms with Gasteiger partial charge in [-0.25, -0.2) is 9.78 Å². The average molecular weight is 338 g/mol. The van der Waals surface area contributed by atoms with Gasteiger partial charge in [-0.1, -0.05) is 12.1 Å². The minimum atomic E-state index is -4.48. The van der Waals surface area contributed by atoms with Crippen LogP contribution in [0.1, 0.15) is 5.56 Å². The van der Waals surface area contributed by atoms with Gasteiger partial charge in [0.05, 0.1) is 5.56 Å². The van der Waals surface area contributed by atoms with Crippen molar-refractivity contribution in [3.05, 3.63) is 50.7 Å². The summed E-state index contributed by atoms with van der Waals surface area (Å²) >= 11 is 0. The van der Waals surface area contributed by atoms with Crippen LogP contribution in [0.3, 0.4) is 0 Å². The Morgan fingerprint density at radius 1 is 1.00 bits per heavy atom. The van der Waals surface area contributed by atoms with Gasteiger partial charge < -0.3 is 4.57 Å². The predicted molar refractivity (Wildman–Crippen MR) is 81.6 cm³/mol. The van der Waals surface area contributed by atoms with Gasteiger partial charge in [-0.15, -0.1) is 0 Å². The van der Waals surface area contributed by atoms with Crippen molar-refractivity contribution in [2.45, 2.75) is 6.18 Å². The van der Waals surface area contributed by atoms with Crippen LogP contribution < -0.4 is 11.2 Å². The summed E-state index contributed by atoms with van der Waals surface area (Å²) in [5, 5.41) is 0. The molecular weight excluding hydrogens is 325 g/mol. The SMILES string of the molecule is Cn1c(=O)c2c(nc(-c3cccc(C(F)(F)F)c3)n2C)n(C)c1=O. The predicted octanol–water partition coefficient (Wildman–Crippen LogP) is 1.66. The maximum absolute atomic E-state index is 12.9. The first-order chi connectivity index (χ1) is 11.1. The lowest BCUT2D eigenvalue weighted by Crippen LogP contribution is -2.37. The van der Waals surface area contributed by atoms with E-state index in [1.807, 2.05) is 0 Å². The van der Waals surface area contributed by atoms with E-state index in [4.69, 9.17) is 0 Å². The van der Waals surface area contributed by atoms with E-state index in [1.54, 1.807) is 0 Å². The van der Waals surface area contributed by atoms with Crippen molar-refractivity contribution in [3.63, 3.8) is 0 Å². The van der Waals surface area contributed by atoms with Crippen molar-refractivity contribution in [3.8, 4) is 11.4 Å². The Hall–Kier alpha value is -2.84. The standard InChI is InChI=1S/C15H13F3N4O2/c1-20-10-12(21(2)14(24)22(3)13(10)23)19-11(20)8-5-4-6-9(7-8)15(16,17)18/h4-7H,1-3H3. The number of hydrogen-bond donors (Lipinski definition) is 0. The summed E-state index contributed by atoms with van der Waals surface area (Å²) < 4.78 is 42.2. The van der Waals surface area contributed by atoms with Crippen LogP contribution in [0.25, 0.3) is 22.6 Å². The zero-order valence-electron chi connectivity index (χ0n) is 13.0. The van der Waals surface area contributed by atoms with Crippen molar-refractivity contribution < 1.29 is 13.2 Å². The van der Waals surface area contributed by atoms with E-state index in [-0.39, 0.29) is 22.6 Å². The summed E-state index contributed by atoms with van der Waals surface area (Å²) in [6.07, 6.45) is -4.48. The van der Waals surface area contributed by atoms with Crippen LogP contribution in [0, 0.1) is 0 Å². The fourth-order valence-electron chi connectivity index (χ4n) is 2.61. The molecular formula is C15H13F3N4O2. The van der Waals surface area contributed by atoms with Gasteiger partial charge in [-0.2, -0.15) is 13.2 Å². The van der Waals surface area contributed by atoms with Crippen molar-refractivity contribution in [1.29, 1.82) is 0 Å². The number of benzene rings is 1. The molecule has 0 radical (unpaired) electrons. The van der Waals surface area contributed by atoms with E-state index in [2.05, 4.69) is 4.98 Å². The van der Waals surface area contributed by atoms with Gasteiger partial charge >= 0.3 is 11.9 Å². The van der Waals surface area contributed by atoms with E-state index < -0.39 is 23.0 Å². The highest BCUT2D eigenvalue weighted by Crippen LogP contribution is 2.32. The molecule has 0 spiro atoms. The Labute approximate surface area is 133 Å². The fourth-order valence-corrected chi connectivity index (χ4v) is 2.61. The molecule has 0 atom stereocenters. The number of fused-ring (bicyclic) bond motifs is 1. The van der Waals surface area contributed by atoms with Gasteiger partial charge in [0.1, 0.15) is 5.82 Å². The minimum Gasteiger partial charge on any atom is -0.321 e. The molecule has 9 heteroatoms. The van der Waals surface area contributed by atoms with Crippen LogP contribution in [-0.2, 0) is 27.3 Å². The van der Waals surface area contributed by atoms with Crippen LogP contribution in [0.4, 0.5) is 13.2 Å². The molecule has 0 N–H and O–H groups in total. The molecule has 0 unspecified atom stereocenters. The zero-order valence-corrected chi connectivity index (χ0v) is 13.0. The first-order valence-electron chi connectivity index (χ1n) is 6.93. The summed E-state index contributed by atoms with van der Waals surface area (Å²) in [6.45, 7) is 0. The Morgan fingerprint density at radius 2 is 1.67 bits per heavy atom. The summed E-state index contributed by atoms with van der Waals surface area (Å²) in [5.41, 5.74) is -1.44. The monoisotopic (exact) mass is 338 g/mol. The topological polar surface area (TPSA) is 61.8 Å². The number of hydrogen-bond acceptors (Lipinski definition) is 3. The van der Waals surface area contributed by atoms with Gasteiger partial charge in [-0.3, -0.25) is 13.9 Å². The van der Waals surface area contributed by atoms with E-state index in [9.17, 15) is 22.8 Å². The molecule has 0 bridgehead atoms. The Morgan fingerprint density at radius 3 is 2.29 bits per heavy atom. The second-order valence-corrected chi connectivity index (χ2v) is 5.45. The molecule has 0 aliphatic carbocycles. The first kappa shape index (κ1) is 16.0. The lowest BCUT2D eigenvalue weighted by molar-refractivity contribution is -0.137. The van der Waals surface area contributed by atoms with Crippen LogP contribution in [0.5, 0.6) is 0 Å². The zero-order chi connectivity index (χ0) is 17.8. The van der Waals surface area contributed by atoms with Crippen LogP contribution >= 0.6 is 0 Å². The smallest absolute Gasteiger partial charge is 0.321 e. The molecule has 3 rings (SSSR count).